The number of carbonyl (C=O) groups is 2. The molecule has 5 heteroatoms. The number of aliphatic hydroxyl groups excluding tert-OH is 1. The average molecular weight is 805 g/mol. The summed E-state index contributed by atoms with van der Waals surface area (Å²) in [6, 6.07) is 0. The Morgan fingerprint density at radius 1 is 0.414 bits per heavy atom. The Labute approximate surface area is 358 Å². The molecule has 0 aliphatic carbocycles. The van der Waals surface area contributed by atoms with E-state index in [9.17, 15) is 14.7 Å². The number of allylic oxidation sites excluding steroid dienone is 16. The number of aliphatic hydroxyl groups is 1. The minimum Gasteiger partial charge on any atom is -0.462 e. The zero-order valence-corrected chi connectivity index (χ0v) is 37.5. The van der Waals surface area contributed by atoms with Crippen LogP contribution < -0.4 is 0 Å². The third-order valence-corrected chi connectivity index (χ3v) is 9.86. The summed E-state index contributed by atoms with van der Waals surface area (Å²) < 4.78 is 10.6. The second kappa shape index (κ2) is 48.2. The van der Waals surface area contributed by atoms with Crippen LogP contribution in [0.15, 0.2) is 97.2 Å². The van der Waals surface area contributed by atoms with Gasteiger partial charge in [-0.15, -0.1) is 0 Å². The molecule has 0 saturated carbocycles. The van der Waals surface area contributed by atoms with Gasteiger partial charge in [0.25, 0.3) is 0 Å². The largest absolute Gasteiger partial charge is 0.462 e. The Hall–Kier alpha value is -3.18. The normalized spacial score (nSPS) is 13.1. The van der Waals surface area contributed by atoms with E-state index in [-0.39, 0.29) is 25.2 Å². The van der Waals surface area contributed by atoms with Crippen LogP contribution in [-0.4, -0.2) is 36.4 Å². The molecule has 1 unspecified atom stereocenters. The van der Waals surface area contributed by atoms with Gasteiger partial charge < -0.3 is 14.6 Å². The molecule has 0 amide bonds. The van der Waals surface area contributed by atoms with Gasteiger partial charge in [0.2, 0.25) is 0 Å². The first-order valence-corrected chi connectivity index (χ1v) is 23.8. The lowest BCUT2D eigenvalue weighted by molar-refractivity contribution is -0.161. The van der Waals surface area contributed by atoms with Gasteiger partial charge in [-0.2, -0.15) is 0 Å². The van der Waals surface area contributed by atoms with Crippen molar-refractivity contribution in [1.82, 2.24) is 0 Å². The van der Waals surface area contributed by atoms with E-state index in [1.54, 1.807) is 0 Å². The van der Waals surface area contributed by atoms with E-state index in [4.69, 9.17) is 9.47 Å². The molecule has 0 spiro atoms. The van der Waals surface area contributed by atoms with E-state index in [2.05, 4.69) is 111 Å². The number of ether oxygens (including phenoxy) is 2. The third-order valence-electron chi connectivity index (χ3n) is 9.86. The predicted octanol–water partition coefficient (Wildman–Crippen LogP) is 15.6. The molecule has 0 aromatic heterocycles. The van der Waals surface area contributed by atoms with Crippen molar-refractivity contribution in [1.29, 1.82) is 0 Å². The zero-order valence-electron chi connectivity index (χ0n) is 37.5. The molecular formula is C53H88O5. The van der Waals surface area contributed by atoms with Crippen LogP contribution in [-0.2, 0) is 19.1 Å². The summed E-state index contributed by atoms with van der Waals surface area (Å²) in [6.07, 6.45) is 67.7. The molecule has 0 aliphatic heterocycles. The van der Waals surface area contributed by atoms with E-state index >= 15 is 0 Å². The van der Waals surface area contributed by atoms with Crippen molar-refractivity contribution in [3.63, 3.8) is 0 Å². The second-order valence-corrected chi connectivity index (χ2v) is 15.4. The van der Waals surface area contributed by atoms with Crippen LogP contribution >= 0.6 is 0 Å². The Morgan fingerprint density at radius 3 is 1.14 bits per heavy atom. The Bertz CT molecular complexity index is 1140. The van der Waals surface area contributed by atoms with Gasteiger partial charge in [0.15, 0.2) is 6.10 Å². The highest BCUT2D eigenvalue weighted by molar-refractivity contribution is 5.70. The first-order chi connectivity index (χ1) is 28.6. The number of esters is 2. The monoisotopic (exact) mass is 805 g/mol. The van der Waals surface area contributed by atoms with E-state index in [0.717, 1.165) is 96.3 Å². The van der Waals surface area contributed by atoms with Crippen LogP contribution in [0.4, 0.5) is 0 Å². The third kappa shape index (κ3) is 45.5. The maximum Gasteiger partial charge on any atom is 0.306 e. The van der Waals surface area contributed by atoms with Crippen LogP contribution in [0.2, 0.25) is 0 Å². The number of hydrogen-bond donors (Lipinski definition) is 1. The van der Waals surface area contributed by atoms with Gasteiger partial charge in [-0.3, -0.25) is 9.59 Å². The fourth-order valence-corrected chi connectivity index (χ4v) is 6.29. The van der Waals surface area contributed by atoms with Crippen molar-refractivity contribution in [3.05, 3.63) is 97.2 Å². The van der Waals surface area contributed by atoms with Gasteiger partial charge in [0.05, 0.1) is 6.61 Å². The summed E-state index contributed by atoms with van der Waals surface area (Å²) in [4.78, 5) is 24.3. The first kappa shape index (κ1) is 54.8. The maximum atomic E-state index is 12.2. The van der Waals surface area contributed by atoms with Crippen LogP contribution in [0, 0.1) is 0 Å². The number of rotatable bonds is 42. The molecule has 0 radical (unpaired) electrons. The molecule has 0 saturated heterocycles. The minimum atomic E-state index is -0.783. The molecule has 0 bridgehead atoms. The van der Waals surface area contributed by atoms with Gasteiger partial charge >= 0.3 is 11.9 Å². The standard InChI is InChI=1S/C53H88O5/c1-3-5-7-9-11-13-15-17-18-19-20-21-22-23-24-25-26-27-28-29-30-31-32-33-34-36-38-40-42-44-46-48-53(56)58-51(49-54)50-57-52(55)47-45-43-41-39-37-35-16-14-12-10-8-6-4-2/h5,7,11,13-14,16-18,20-21,23-24,26-27,29-30,51,54H,3-4,6,8-10,12,15,19,22,25,28,31-50H2,1-2H3/b7-5-,13-11-,16-14-,18-17-,21-20-,24-23-,27-26-,30-29-. The van der Waals surface area contributed by atoms with Crippen LogP contribution in [0.1, 0.15) is 206 Å². The summed E-state index contributed by atoms with van der Waals surface area (Å²) in [6.45, 7) is 3.99. The SMILES string of the molecule is CC/C=C\C/C=C\C/C=C\C/C=C\C/C=C\C/C=C\C/C=C\CCCCCCCCCCCC(=O)OC(CO)COC(=O)CCCCCCC/C=C\CCCCCC. The molecule has 0 aromatic carbocycles. The molecule has 0 heterocycles. The van der Waals surface area contributed by atoms with Crippen LogP contribution in [0.3, 0.4) is 0 Å². The summed E-state index contributed by atoms with van der Waals surface area (Å²) in [5.41, 5.74) is 0. The first-order valence-electron chi connectivity index (χ1n) is 23.8. The second-order valence-electron chi connectivity index (χ2n) is 15.4. The molecule has 1 atom stereocenters. The van der Waals surface area contributed by atoms with Crippen molar-refractivity contribution in [2.75, 3.05) is 13.2 Å². The van der Waals surface area contributed by atoms with Gasteiger partial charge in [0, 0.05) is 12.8 Å². The van der Waals surface area contributed by atoms with E-state index in [1.165, 1.54) is 83.5 Å². The Balaban J connectivity index is 3.58. The number of hydrogen-bond acceptors (Lipinski definition) is 5. The zero-order chi connectivity index (χ0) is 42.1. The maximum absolute atomic E-state index is 12.2. The molecule has 330 valence electrons. The Morgan fingerprint density at radius 2 is 0.741 bits per heavy atom. The molecular weight excluding hydrogens is 717 g/mol. The molecule has 0 fully saturated rings. The van der Waals surface area contributed by atoms with Crippen molar-refractivity contribution >= 4 is 11.9 Å². The van der Waals surface area contributed by atoms with Gasteiger partial charge in [-0.1, -0.05) is 195 Å². The van der Waals surface area contributed by atoms with E-state index < -0.39 is 6.10 Å². The summed E-state index contributed by atoms with van der Waals surface area (Å²) >= 11 is 0. The molecule has 58 heavy (non-hydrogen) atoms. The van der Waals surface area contributed by atoms with Gasteiger partial charge in [0.1, 0.15) is 6.61 Å². The lowest BCUT2D eigenvalue weighted by Crippen LogP contribution is -2.28. The van der Waals surface area contributed by atoms with Crippen molar-refractivity contribution in [2.45, 2.75) is 213 Å². The summed E-state index contributed by atoms with van der Waals surface area (Å²) in [5.74, 6) is -0.613. The van der Waals surface area contributed by atoms with Crippen LogP contribution in [0.5, 0.6) is 0 Å². The lowest BCUT2D eigenvalue weighted by atomic mass is 10.1. The van der Waals surface area contributed by atoms with E-state index in [0.29, 0.717) is 12.8 Å². The van der Waals surface area contributed by atoms with Crippen molar-refractivity contribution in [2.24, 2.45) is 0 Å². The lowest BCUT2D eigenvalue weighted by Gasteiger charge is -2.15. The predicted molar refractivity (Wildman–Crippen MR) is 251 cm³/mol. The molecule has 5 nitrogen and oxygen atoms in total. The molecule has 1 N–H and O–H groups in total. The summed E-state index contributed by atoms with van der Waals surface area (Å²) in [5, 5.41) is 9.59. The Kier molecular flexibility index (Phi) is 45.5. The van der Waals surface area contributed by atoms with E-state index in [1.807, 2.05) is 0 Å². The summed E-state index contributed by atoms with van der Waals surface area (Å²) in [7, 11) is 0. The average Bonchev–Trinajstić information content (AvgIpc) is 3.23. The fraction of sp³-hybridized carbons (Fsp3) is 0.660. The topological polar surface area (TPSA) is 72.8 Å². The van der Waals surface area contributed by atoms with Crippen molar-refractivity contribution < 1.29 is 24.2 Å². The highest BCUT2D eigenvalue weighted by atomic mass is 16.6. The molecule has 0 rings (SSSR count). The van der Waals surface area contributed by atoms with Gasteiger partial charge in [-0.05, 0) is 96.3 Å². The highest BCUT2D eigenvalue weighted by Crippen LogP contribution is 2.13. The molecule has 0 aliphatic rings. The van der Waals surface area contributed by atoms with Crippen LogP contribution in [0.25, 0.3) is 0 Å². The highest BCUT2D eigenvalue weighted by Gasteiger charge is 2.16. The quantitative estimate of drug-likeness (QED) is 0.0378. The number of carbonyl (C=O) groups excluding carboxylic acids is 2. The number of unbranched alkanes of at least 4 members (excludes halogenated alkanes) is 18. The molecule has 0 aromatic rings. The minimum absolute atomic E-state index is 0.0769. The van der Waals surface area contributed by atoms with Crippen molar-refractivity contribution in [3.8, 4) is 0 Å². The fourth-order valence-electron chi connectivity index (χ4n) is 6.29. The van der Waals surface area contributed by atoms with Gasteiger partial charge in [-0.25, -0.2) is 0 Å². The smallest absolute Gasteiger partial charge is 0.306 e.